The first-order valence-corrected chi connectivity index (χ1v) is 7.84. The van der Waals surface area contributed by atoms with Crippen LogP contribution < -0.4 is 14.8 Å². The molecule has 1 amide bonds. The summed E-state index contributed by atoms with van der Waals surface area (Å²) in [6.45, 7) is 1.97. The van der Waals surface area contributed by atoms with Gasteiger partial charge in [-0.2, -0.15) is 0 Å². The lowest BCUT2D eigenvalue weighted by Crippen LogP contribution is -2.27. The number of nitrogens with zero attached hydrogens (tertiary/aromatic N) is 1. The van der Waals surface area contributed by atoms with Crippen LogP contribution in [0.15, 0.2) is 36.4 Å². The summed E-state index contributed by atoms with van der Waals surface area (Å²) in [5.41, 5.74) is 2.20. The summed E-state index contributed by atoms with van der Waals surface area (Å²) in [7, 11) is 0. The van der Waals surface area contributed by atoms with Gasteiger partial charge in [0, 0.05) is 5.56 Å². The first kappa shape index (κ1) is 14.8. The van der Waals surface area contributed by atoms with Crippen LogP contribution in [0.1, 0.15) is 29.1 Å². The van der Waals surface area contributed by atoms with E-state index in [0.29, 0.717) is 27.9 Å². The van der Waals surface area contributed by atoms with Gasteiger partial charge in [0.25, 0.3) is 5.91 Å². The fourth-order valence-electron chi connectivity index (χ4n) is 2.62. The summed E-state index contributed by atoms with van der Waals surface area (Å²) in [5, 5.41) is 3.26. The third-order valence-corrected chi connectivity index (χ3v) is 4.14. The van der Waals surface area contributed by atoms with Crippen LogP contribution in [-0.4, -0.2) is 22.7 Å². The van der Waals surface area contributed by atoms with Crippen LogP contribution >= 0.6 is 11.6 Å². The molecule has 0 aliphatic carbocycles. The van der Waals surface area contributed by atoms with Crippen molar-refractivity contribution in [1.29, 1.82) is 0 Å². The van der Waals surface area contributed by atoms with Crippen molar-refractivity contribution in [2.24, 2.45) is 0 Å². The zero-order chi connectivity index (χ0) is 16.7. The highest BCUT2D eigenvalue weighted by Crippen LogP contribution is 2.39. The Labute approximate surface area is 142 Å². The molecule has 3 aromatic rings. The number of hydrogen-bond acceptors (Lipinski definition) is 4. The molecule has 122 valence electrons. The van der Waals surface area contributed by atoms with Crippen LogP contribution in [0, 0.1) is 0 Å². The highest BCUT2D eigenvalue weighted by atomic mass is 35.5. The largest absolute Gasteiger partial charge is 0.454 e. The van der Waals surface area contributed by atoms with E-state index in [9.17, 15) is 4.79 Å². The molecule has 0 saturated heterocycles. The SMILES string of the molecule is CC(NC(=O)c1cc(Cl)c2c(c1)OCO2)c1nc2ccccc2[nH]1. The molecule has 2 aromatic carbocycles. The van der Waals surface area contributed by atoms with Crippen molar-refractivity contribution < 1.29 is 14.3 Å². The number of para-hydroxylation sites is 2. The molecule has 1 aliphatic rings. The number of aromatic amines is 1. The number of carbonyl (C=O) groups excluding carboxylic acids is 1. The maximum absolute atomic E-state index is 12.5. The monoisotopic (exact) mass is 343 g/mol. The van der Waals surface area contributed by atoms with Gasteiger partial charge in [0.05, 0.1) is 22.1 Å². The molecule has 1 aliphatic heterocycles. The number of hydrogen-bond donors (Lipinski definition) is 2. The molecular formula is C17H14ClN3O3. The second-order valence-electron chi connectivity index (χ2n) is 5.53. The Morgan fingerprint density at radius 2 is 2.17 bits per heavy atom. The van der Waals surface area contributed by atoms with E-state index in [2.05, 4.69) is 15.3 Å². The molecule has 0 bridgehead atoms. The summed E-state index contributed by atoms with van der Waals surface area (Å²) >= 11 is 6.12. The number of imidazole rings is 1. The predicted octanol–water partition coefficient (Wildman–Crippen LogP) is 3.44. The lowest BCUT2D eigenvalue weighted by molar-refractivity contribution is 0.0938. The molecule has 2 N–H and O–H groups in total. The minimum Gasteiger partial charge on any atom is -0.454 e. The molecule has 0 fully saturated rings. The van der Waals surface area contributed by atoms with Crippen LogP contribution in [0.5, 0.6) is 11.5 Å². The first-order chi connectivity index (χ1) is 11.6. The number of benzene rings is 2. The molecule has 6 nitrogen and oxygen atoms in total. The molecule has 1 atom stereocenters. The molecule has 24 heavy (non-hydrogen) atoms. The van der Waals surface area contributed by atoms with Crippen molar-refractivity contribution in [1.82, 2.24) is 15.3 Å². The molecule has 1 unspecified atom stereocenters. The normalized spacial score (nSPS) is 13.9. The number of fused-ring (bicyclic) bond motifs is 2. The third-order valence-electron chi connectivity index (χ3n) is 3.85. The molecule has 4 rings (SSSR count). The van der Waals surface area contributed by atoms with E-state index in [0.717, 1.165) is 11.0 Å². The van der Waals surface area contributed by atoms with Crippen LogP contribution in [-0.2, 0) is 0 Å². The molecule has 2 heterocycles. The zero-order valence-electron chi connectivity index (χ0n) is 12.8. The van der Waals surface area contributed by atoms with Gasteiger partial charge in [-0.05, 0) is 31.2 Å². The van der Waals surface area contributed by atoms with Crippen molar-refractivity contribution in [3.05, 3.63) is 52.8 Å². The Morgan fingerprint density at radius 1 is 1.33 bits per heavy atom. The van der Waals surface area contributed by atoms with Crippen LogP contribution in [0.3, 0.4) is 0 Å². The third kappa shape index (κ3) is 2.55. The number of rotatable bonds is 3. The standard InChI is InChI=1S/C17H14ClN3O3/c1-9(16-20-12-4-2-3-5-13(12)21-16)19-17(22)10-6-11(18)15-14(7-10)23-8-24-15/h2-7,9H,8H2,1H3,(H,19,22)(H,20,21). The number of aromatic nitrogens is 2. The highest BCUT2D eigenvalue weighted by molar-refractivity contribution is 6.32. The quantitative estimate of drug-likeness (QED) is 0.763. The molecule has 1 aromatic heterocycles. The summed E-state index contributed by atoms with van der Waals surface area (Å²) in [6.07, 6.45) is 0. The summed E-state index contributed by atoms with van der Waals surface area (Å²) in [6, 6.07) is 10.6. The molecule has 0 radical (unpaired) electrons. The number of nitrogens with one attached hydrogen (secondary N) is 2. The summed E-state index contributed by atoms with van der Waals surface area (Å²) in [4.78, 5) is 20.2. The van der Waals surface area contributed by atoms with Gasteiger partial charge in [-0.25, -0.2) is 4.98 Å². The maximum Gasteiger partial charge on any atom is 0.252 e. The van der Waals surface area contributed by atoms with Gasteiger partial charge in [-0.1, -0.05) is 23.7 Å². The number of halogens is 1. The minimum atomic E-state index is -0.283. The lowest BCUT2D eigenvalue weighted by atomic mass is 10.1. The van der Waals surface area contributed by atoms with E-state index in [1.54, 1.807) is 12.1 Å². The van der Waals surface area contributed by atoms with E-state index in [1.165, 1.54) is 0 Å². The van der Waals surface area contributed by atoms with E-state index in [1.807, 2.05) is 31.2 Å². The predicted molar refractivity (Wildman–Crippen MR) is 89.5 cm³/mol. The highest BCUT2D eigenvalue weighted by Gasteiger charge is 2.22. The smallest absolute Gasteiger partial charge is 0.252 e. The van der Waals surface area contributed by atoms with Gasteiger partial charge >= 0.3 is 0 Å². The number of carbonyl (C=O) groups is 1. The zero-order valence-corrected chi connectivity index (χ0v) is 13.6. The lowest BCUT2D eigenvalue weighted by Gasteiger charge is -2.12. The Morgan fingerprint density at radius 3 is 3.00 bits per heavy atom. The molecular weight excluding hydrogens is 330 g/mol. The minimum absolute atomic E-state index is 0.107. The van der Waals surface area contributed by atoms with Crippen molar-refractivity contribution in [2.45, 2.75) is 13.0 Å². The van der Waals surface area contributed by atoms with Crippen LogP contribution in [0.4, 0.5) is 0 Å². The average molecular weight is 344 g/mol. The second-order valence-corrected chi connectivity index (χ2v) is 5.93. The Kier molecular flexibility index (Phi) is 3.54. The van der Waals surface area contributed by atoms with Gasteiger partial charge in [0.15, 0.2) is 11.5 Å². The molecule has 7 heteroatoms. The van der Waals surface area contributed by atoms with E-state index < -0.39 is 0 Å². The van der Waals surface area contributed by atoms with Crippen molar-refractivity contribution in [3.63, 3.8) is 0 Å². The number of H-pyrrole nitrogens is 1. The van der Waals surface area contributed by atoms with Crippen LogP contribution in [0.25, 0.3) is 11.0 Å². The maximum atomic E-state index is 12.5. The topological polar surface area (TPSA) is 76.2 Å². The Bertz CT molecular complexity index is 905. The number of ether oxygens (including phenoxy) is 2. The van der Waals surface area contributed by atoms with Crippen molar-refractivity contribution >= 4 is 28.5 Å². The van der Waals surface area contributed by atoms with Crippen LogP contribution in [0.2, 0.25) is 5.02 Å². The van der Waals surface area contributed by atoms with Gasteiger partial charge in [0.2, 0.25) is 6.79 Å². The van der Waals surface area contributed by atoms with Crippen molar-refractivity contribution in [3.8, 4) is 11.5 Å². The van der Waals surface area contributed by atoms with Crippen molar-refractivity contribution in [2.75, 3.05) is 6.79 Å². The van der Waals surface area contributed by atoms with Gasteiger partial charge in [0.1, 0.15) is 5.82 Å². The molecule has 0 saturated carbocycles. The number of amides is 1. The first-order valence-electron chi connectivity index (χ1n) is 7.46. The van der Waals surface area contributed by atoms with Gasteiger partial charge in [-0.15, -0.1) is 0 Å². The van der Waals surface area contributed by atoms with E-state index in [4.69, 9.17) is 21.1 Å². The van der Waals surface area contributed by atoms with Gasteiger partial charge in [-0.3, -0.25) is 4.79 Å². The van der Waals surface area contributed by atoms with E-state index in [-0.39, 0.29) is 18.7 Å². The summed E-state index contributed by atoms with van der Waals surface area (Å²) < 4.78 is 10.5. The summed E-state index contributed by atoms with van der Waals surface area (Å²) in [5.74, 6) is 1.38. The Hall–Kier alpha value is -2.73. The van der Waals surface area contributed by atoms with E-state index >= 15 is 0 Å². The molecule has 0 spiro atoms. The average Bonchev–Trinajstić information content (AvgIpc) is 3.21. The van der Waals surface area contributed by atoms with Gasteiger partial charge < -0.3 is 19.8 Å². The second kappa shape index (κ2) is 5.72. The fraction of sp³-hybridized carbons (Fsp3) is 0.176. The Balaban J connectivity index is 1.56. The fourth-order valence-corrected chi connectivity index (χ4v) is 2.89.